The number of halogens is 1. The number of nitrogens with one attached hydrogen (secondary N) is 2. The van der Waals surface area contributed by atoms with Gasteiger partial charge < -0.3 is 10.6 Å². The van der Waals surface area contributed by atoms with E-state index in [-0.39, 0.29) is 4.90 Å². The van der Waals surface area contributed by atoms with E-state index in [1.54, 1.807) is 0 Å². The van der Waals surface area contributed by atoms with E-state index >= 15 is 0 Å². The van der Waals surface area contributed by atoms with Gasteiger partial charge in [0.25, 0.3) is 0 Å². The Kier molecular flexibility index (Phi) is 3.79. The number of hydrogen-bond donors (Lipinski definition) is 2. The highest BCUT2D eigenvalue weighted by molar-refractivity contribution is 7.89. The number of fused-ring (bicyclic) bond motifs is 1. The van der Waals surface area contributed by atoms with Gasteiger partial charge in [0.2, 0.25) is 10.0 Å². The van der Waals surface area contributed by atoms with Crippen molar-refractivity contribution in [2.75, 3.05) is 18.4 Å². The molecule has 0 aromatic heterocycles. The van der Waals surface area contributed by atoms with E-state index in [0.717, 1.165) is 36.0 Å². The van der Waals surface area contributed by atoms with E-state index in [9.17, 15) is 12.8 Å². The summed E-state index contributed by atoms with van der Waals surface area (Å²) in [6.45, 7) is 2.44. The molecule has 0 unspecified atom stereocenters. The largest absolute Gasteiger partial charge is 0.379 e. The zero-order valence-electron chi connectivity index (χ0n) is 13.0. The van der Waals surface area contributed by atoms with Gasteiger partial charge in [0.15, 0.2) is 0 Å². The highest BCUT2D eigenvalue weighted by Crippen LogP contribution is 2.33. The van der Waals surface area contributed by atoms with E-state index in [0.29, 0.717) is 19.1 Å². The van der Waals surface area contributed by atoms with Crippen LogP contribution in [0.4, 0.5) is 10.1 Å². The molecule has 0 radical (unpaired) electrons. The van der Waals surface area contributed by atoms with Gasteiger partial charge in [-0.05, 0) is 35.4 Å². The average Bonchev–Trinajstić information content (AvgIpc) is 2.96. The van der Waals surface area contributed by atoms with Crippen LogP contribution in [0, 0.1) is 5.82 Å². The first-order valence-corrected chi connectivity index (χ1v) is 9.32. The highest BCUT2D eigenvalue weighted by Gasteiger charge is 2.32. The molecule has 24 heavy (non-hydrogen) atoms. The summed E-state index contributed by atoms with van der Waals surface area (Å²) in [7, 11) is -3.71. The van der Waals surface area contributed by atoms with Crippen LogP contribution in [0.25, 0.3) is 0 Å². The van der Waals surface area contributed by atoms with E-state index in [1.165, 1.54) is 22.5 Å². The molecule has 0 saturated carbocycles. The quantitative estimate of drug-likeness (QED) is 0.887. The van der Waals surface area contributed by atoms with E-state index in [2.05, 4.69) is 10.6 Å². The lowest BCUT2D eigenvalue weighted by Gasteiger charge is -2.29. The van der Waals surface area contributed by atoms with Crippen molar-refractivity contribution in [3.05, 3.63) is 59.4 Å². The summed E-state index contributed by atoms with van der Waals surface area (Å²) >= 11 is 0. The second-order valence-corrected chi connectivity index (χ2v) is 8.11. The normalized spacial score (nSPS) is 18.2. The molecule has 0 amide bonds. The van der Waals surface area contributed by atoms with Crippen molar-refractivity contribution >= 4 is 15.7 Å². The molecule has 1 fully saturated rings. The van der Waals surface area contributed by atoms with Crippen LogP contribution in [-0.4, -0.2) is 31.9 Å². The molecule has 5 nitrogen and oxygen atoms in total. The molecule has 0 atom stereocenters. The summed E-state index contributed by atoms with van der Waals surface area (Å²) < 4.78 is 40.4. The predicted octanol–water partition coefficient (Wildman–Crippen LogP) is 1.91. The number of benzene rings is 2. The minimum Gasteiger partial charge on any atom is -0.379 e. The van der Waals surface area contributed by atoms with Crippen LogP contribution in [0.3, 0.4) is 0 Å². The third-order valence-corrected chi connectivity index (χ3v) is 6.32. The van der Waals surface area contributed by atoms with Gasteiger partial charge in [-0.25, -0.2) is 12.8 Å². The van der Waals surface area contributed by atoms with Crippen molar-refractivity contribution in [3.8, 4) is 0 Å². The fourth-order valence-electron chi connectivity index (χ4n) is 3.08. The second kappa shape index (κ2) is 5.84. The van der Waals surface area contributed by atoms with Gasteiger partial charge in [-0.1, -0.05) is 18.2 Å². The predicted molar refractivity (Wildman–Crippen MR) is 89.6 cm³/mol. The zero-order valence-corrected chi connectivity index (χ0v) is 13.8. The first kappa shape index (κ1) is 15.6. The Morgan fingerprint density at radius 2 is 1.92 bits per heavy atom. The lowest BCUT2D eigenvalue weighted by Crippen LogP contribution is -2.51. The molecule has 0 bridgehead atoms. The monoisotopic (exact) mass is 347 g/mol. The number of anilines is 1. The molecule has 2 aliphatic rings. The van der Waals surface area contributed by atoms with Gasteiger partial charge in [-0.2, -0.15) is 4.31 Å². The first-order chi connectivity index (χ1) is 11.5. The van der Waals surface area contributed by atoms with Crippen LogP contribution in [0.5, 0.6) is 0 Å². The Bertz CT molecular complexity index is 881. The Labute approximate surface area is 140 Å². The van der Waals surface area contributed by atoms with E-state index in [1.807, 2.05) is 18.2 Å². The van der Waals surface area contributed by atoms with Crippen LogP contribution < -0.4 is 10.6 Å². The molecule has 2 N–H and O–H groups in total. The minimum absolute atomic E-state index is 0.00647. The van der Waals surface area contributed by atoms with Crippen molar-refractivity contribution < 1.29 is 12.8 Å². The minimum atomic E-state index is -3.71. The molecular weight excluding hydrogens is 329 g/mol. The van der Waals surface area contributed by atoms with Gasteiger partial charge in [0.1, 0.15) is 5.82 Å². The molecule has 2 heterocycles. The molecular formula is C17H18FN3O2S. The van der Waals surface area contributed by atoms with Crippen molar-refractivity contribution in [1.29, 1.82) is 0 Å². The summed E-state index contributed by atoms with van der Waals surface area (Å²) in [6.07, 6.45) is 0. The van der Waals surface area contributed by atoms with E-state index < -0.39 is 15.8 Å². The molecule has 0 aliphatic carbocycles. The summed E-state index contributed by atoms with van der Waals surface area (Å²) in [4.78, 5) is -0.00647. The molecule has 126 valence electrons. The zero-order chi connectivity index (χ0) is 16.7. The van der Waals surface area contributed by atoms with E-state index in [4.69, 9.17) is 0 Å². The SMILES string of the molecule is O=S(=O)(c1cccc(F)c1)N1Cc2cccc(NC3CNC3)c2C1. The van der Waals surface area contributed by atoms with Crippen molar-refractivity contribution in [2.24, 2.45) is 0 Å². The summed E-state index contributed by atoms with van der Waals surface area (Å²) in [5.74, 6) is -0.548. The maximum Gasteiger partial charge on any atom is 0.243 e. The third kappa shape index (κ3) is 2.68. The van der Waals surface area contributed by atoms with Crippen molar-refractivity contribution in [1.82, 2.24) is 9.62 Å². The van der Waals surface area contributed by atoms with Crippen LogP contribution >= 0.6 is 0 Å². The lowest BCUT2D eigenvalue weighted by molar-refractivity contribution is 0.430. The fourth-order valence-corrected chi connectivity index (χ4v) is 4.50. The second-order valence-electron chi connectivity index (χ2n) is 6.17. The Morgan fingerprint density at radius 1 is 1.12 bits per heavy atom. The molecule has 2 aliphatic heterocycles. The third-order valence-electron chi connectivity index (χ3n) is 4.53. The summed E-state index contributed by atoms with van der Waals surface area (Å²) in [6, 6.07) is 11.4. The van der Waals surface area contributed by atoms with Crippen molar-refractivity contribution in [2.45, 2.75) is 24.0 Å². The van der Waals surface area contributed by atoms with Crippen molar-refractivity contribution in [3.63, 3.8) is 0 Å². The fraction of sp³-hybridized carbons (Fsp3) is 0.294. The number of nitrogens with zero attached hydrogens (tertiary/aromatic N) is 1. The number of rotatable bonds is 4. The number of sulfonamides is 1. The standard InChI is InChI=1S/C17H18FN3O2S/c18-13-4-2-5-15(7-13)24(22,23)21-10-12-3-1-6-17(16(12)11-21)20-14-8-19-9-14/h1-7,14,19-20H,8-11H2. The van der Waals surface area contributed by atoms with Crippen LogP contribution in [0.2, 0.25) is 0 Å². The van der Waals surface area contributed by atoms with Gasteiger partial charge in [-0.3, -0.25) is 0 Å². The maximum absolute atomic E-state index is 13.4. The van der Waals surface area contributed by atoms with Gasteiger partial charge >= 0.3 is 0 Å². The molecule has 4 rings (SSSR count). The molecule has 7 heteroatoms. The van der Waals surface area contributed by atoms with Gasteiger partial charge in [-0.15, -0.1) is 0 Å². The van der Waals surface area contributed by atoms with Crippen LogP contribution in [0.1, 0.15) is 11.1 Å². The Morgan fingerprint density at radius 3 is 2.62 bits per heavy atom. The Hall–Kier alpha value is -1.96. The van der Waals surface area contributed by atoms with Gasteiger partial charge in [0.05, 0.1) is 10.9 Å². The Balaban J connectivity index is 1.62. The number of hydrogen-bond acceptors (Lipinski definition) is 4. The topological polar surface area (TPSA) is 61.4 Å². The maximum atomic E-state index is 13.4. The molecule has 0 spiro atoms. The molecule has 2 aromatic rings. The summed E-state index contributed by atoms with van der Waals surface area (Å²) in [5, 5.41) is 6.66. The molecule has 1 saturated heterocycles. The lowest BCUT2D eigenvalue weighted by atomic mass is 10.1. The average molecular weight is 347 g/mol. The first-order valence-electron chi connectivity index (χ1n) is 7.88. The molecule has 2 aromatic carbocycles. The summed E-state index contributed by atoms with van der Waals surface area (Å²) in [5.41, 5.74) is 2.98. The highest BCUT2D eigenvalue weighted by atomic mass is 32.2. The van der Waals surface area contributed by atoms with Crippen LogP contribution in [-0.2, 0) is 23.1 Å². The van der Waals surface area contributed by atoms with Crippen LogP contribution in [0.15, 0.2) is 47.4 Å². The van der Waals surface area contributed by atoms with Gasteiger partial charge in [0, 0.05) is 31.9 Å². The smallest absolute Gasteiger partial charge is 0.243 e.